The van der Waals surface area contributed by atoms with Gasteiger partial charge >= 0.3 is 5.97 Å². The number of carbonyl (C=O) groups excluding carboxylic acids is 1. The Kier molecular flexibility index (Phi) is 2.42. The maximum absolute atomic E-state index is 11.2. The van der Waals surface area contributed by atoms with E-state index in [4.69, 9.17) is 11.6 Å². The predicted octanol–water partition coefficient (Wildman–Crippen LogP) is 0.860. The number of carbonyl (C=O) groups is 1. The third-order valence-electron chi connectivity index (χ3n) is 1.71. The molecule has 0 spiro atoms. The van der Waals surface area contributed by atoms with Crippen LogP contribution in [0.2, 0.25) is 5.28 Å². The van der Waals surface area contributed by atoms with Gasteiger partial charge in [0.2, 0.25) is 5.28 Å². The quantitative estimate of drug-likeness (QED) is 0.669. The Balaban J connectivity index is 2.59. The largest absolute Gasteiger partial charge is 0.464 e. The first-order valence-corrected chi connectivity index (χ1v) is 4.33. The molecule has 0 atom stereocenters. The van der Waals surface area contributed by atoms with Crippen LogP contribution in [0.1, 0.15) is 10.5 Å². The Bertz CT molecular complexity index is 531. The van der Waals surface area contributed by atoms with Crippen LogP contribution in [0.5, 0.6) is 0 Å². The summed E-state index contributed by atoms with van der Waals surface area (Å²) in [6.07, 6.45) is 1.39. The van der Waals surface area contributed by atoms with E-state index in [1.165, 1.54) is 19.4 Å². The van der Waals surface area contributed by atoms with Crippen LogP contribution in [0, 0.1) is 0 Å². The molecule has 0 saturated carbocycles. The normalized spacial score (nSPS) is 10.3. The number of halogens is 1. The average molecular weight is 225 g/mol. The number of fused-ring (bicyclic) bond motifs is 1. The molecular weight excluding hydrogens is 220 g/mol. The third-order valence-corrected chi connectivity index (χ3v) is 1.87. The first kappa shape index (κ1) is 9.72. The number of hydrogen-bond acceptors (Lipinski definition) is 6. The standard InChI is InChI=1S/C8H5ClN4O2/c1-15-7(14)5-2-4-6(3-10-5)12-13-8(9)11-4/h2-3H,1H3. The lowest BCUT2D eigenvalue weighted by molar-refractivity contribution is 0.0594. The van der Waals surface area contributed by atoms with Gasteiger partial charge in [0, 0.05) is 0 Å². The van der Waals surface area contributed by atoms with Gasteiger partial charge in [0.15, 0.2) is 5.69 Å². The minimum atomic E-state index is -0.536. The van der Waals surface area contributed by atoms with Gasteiger partial charge in [-0.2, -0.15) is 0 Å². The van der Waals surface area contributed by atoms with Gasteiger partial charge in [0.25, 0.3) is 0 Å². The minimum Gasteiger partial charge on any atom is -0.464 e. The number of ether oxygens (including phenoxy) is 1. The molecule has 0 radical (unpaired) electrons. The maximum atomic E-state index is 11.2. The first-order valence-electron chi connectivity index (χ1n) is 3.95. The summed E-state index contributed by atoms with van der Waals surface area (Å²) in [5.74, 6) is -0.536. The van der Waals surface area contributed by atoms with Crippen LogP contribution in [0.3, 0.4) is 0 Å². The van der Waals surface area contributed by atoms with Crippen LogP contribution in [0.4, 0.5) is 0 Å². The Hall–Kier alpha value is -1.82. The van der Waals surface area contributed by atoms with E-state index in [-0.39, 0.29) is 11.0 Å². The van der Waals surface area contributed by atoms with Gasteiger partial charge < -0.3 is 4.74 Å². The van der Waals surface area contributed by atoms with E-state index in [0.717, 1.165) is 0 Å². The fourth-order valence-corrected chi connectivity index (χ4v) is 1.17. The topological polar surface area (TPSA) is 77.9 Å². The number of hydrogen-bond donors (Lipinski definition) is 0. The van der Waals surface area contributed by atoms with Gasteiger partial charge in [-0.05, 0) is 17.7 Å². The molecule has 0 aromatic carbocycles. The molecule has 0 aliphatic heterocycles. The van der Waals surface area contributed by atoms with Crippen LogP contribution in [-0.4, -0.2) is 33.2 Å². The maximum Gasteiger partial charge on any atom is 0.356 e. The van der Waals surface area contributed by atoms with Crippen molar-refractivity contribution in [2.45, 2.75) is 0 Å². The van der Waals surface area contributed by atoms with Crippen molar-refractivity contribution in [1.82, 2.24) is 20.2 Å². The first-order chi connectivity index (χ1) is 7.20. The Morgan fingerprint density at radius 3 is 2.93 bits per heavy atom. The van der Waals surface area contributed by atoms with Gasteiger partial charge in [0.1, 0.15) is 5.52 Å². The Morgan fingerprint density at radius 1 is 1.40 bits per heavy atom. The molecule has 2 rings (SSSR count). The van der Waals surface area contributed by atoms with E-state index in [1.54, 1.807) is 0 Å². The SMILES string of the molecule is COC(=O)c1cc2nc(Cl)nnc2cn1. The predicted molar refractivity (Wildman–Crippen MR) is 51.5 cm³/mol. The summed E-state index contributed by atoms with van der Waals surface area (Å²) in [4.78, 5) is 18.9. The second kappa shape index (κ2) is 3.74. The van der Waals surface area contributed by atoms with E-state index in [1.807, 2.05) is 0 Å². The highest BCUT2D eigenvalue weighted by molar-refractivity contribution is 6.28. The molecule has 76 valence electrons. The van der Waals surface area contributed by atoms with Gasteiger partial charge in [0.05, 0.1) is 18.8 Å². The van der Waals surface area contributed by atoms with E-state index >= 15 is 0 Å². The molecule has 0 saturated heterocycles. The molecule has 0 aliphatic rings. The summed E-state index contributed by atoms with van der Waals surface area (Å²) >= 11 is 5.56. The zero-order valence-corrected chi connectivity index (χ0v) is 8.39. The number of pyridine rings is 1. The molecule has 7 heteroatoms. The lowest BCUT2D eigenvalue weighted by Crippen LogP contribution is -2.04. The number of rotatable bonds is 1. The highest BCUT2D eigenvalue weighted by atomic mass is 35.5. The lowest BCUT2D eigenvalue weighted by atomic mass is 10.3. The van der Waals surface area contributed by atoms with Crippen molar-refractivity contribution in [3.05, 3.63) is 23.2 Å². The molecule has 0 aliphatic carbocycles. The molecule has 2 aromatic heterocycles. The molecule has 2 heterocycles. The number of nitrogens with zero attached hydrogens (tertiary/aromatic N) is 4. The van der Waals surface area contributed by atoms with E-state index in [0.29, 0.717) is 11.0 Å². The summed E-state index contributed by atoms with van der Waals surface area (Å²) in [6, 6.07) is 1.45. The fourth-order valence-electron chi connectivity index (χ4n) is 1.04. The van der Waals surface area contributed by atoms with Crippen LogP contribution >= 0.6 is 11.6 Å². The summed E-state index contributed by atoms with van der Waals surface area (Å²) in [6.45, 7) is 0. The lowest BCUT2D eigenvalue weighted by Gasteiger charge is -1.99. The third kappa shape index (κ3) is 1.84. The zero-order valence-electron chi connectivity index (χ0n) is 7.64. The fraction of sp³-hybridized carbons (Fsp3) is 0.125. The van der Waals surface area contributed by atoms with Gasteiger partial charge in [-0.1, -0.05) is 0 Å². The average Bonchev–Trinajstić information content (AvgIpc) is 2.27. The summed E-state index contributed by atoms with van der Waals surface area (Å²) in [5.41, 5.74) is 1.07. The van der Waals surface area contributed by atoms with Crippen molar-refractivity contribution in [1.29, 1.82) is 0 Å². The van der Waals surface area contributed by atoms with Crippen LogP contribution in [0.15, 0.2) is 12.3 Å². The van der Waals surface area contributed by atoms with Crippen molar-refractivity contribution < 1.29 is 9.53 Å². The van der Waals surface area contributed by atoms with Gasteiger partial charge in [-0.3, -0.25) is 0 Å². The van der Waals surface area contributed by atoms with Gasteiger partial charge in [-0.15, -0.1) is 10.2 Å². The molecule has 15 heavy (non-hydrogen) atoms. The Morgan fingerprint density at radius 2 is 2.20 bits per heavy atom. The molecule has 0 amide bonds. The van der Waals surface area contributed by atoms with E-state index in [2.05, 4.69) is 24.9 Å². The molecule has 0 N–H and O–H groups in total. The summed E-state index contributed by atoms with van der Waals surface area (Å²) in [5, 5.41) is 7.32. The number of esters is 1. The highest BCUT2D eigenvalue weighted by Gasteiger charge is 2.09. The number of aromatic nitrogens is 4. The molecule has 0 bridgehead atoms. The molecular formula is C8H5ClN4O2. The van der Waals surface area contributed by atoms with Gasteiger partial charge in [-0.25, -0.2) is 14.8 Å². The highest BCUT2D eigenvalue weighted by Crippen LogP contribution is 2.10. The van der Waals surface area contributed by atoms with Crippen LogP contribution < -0.4 is 0 Å². The van der Waals surface area contributed by atoms with Crippen molar-refractivity contribution in [2.75, 3.05) is 7.11 Å². The van der Waals surface area contributed by atoms with Crippen molar-refractivity contribution in [3.63, 3.8) is 0 Å². The van der Waals surface area contributed by atoms with Crippen LogP contribution in [0.25, 0.3) is 11.0 Å². The molecule has 0 fully saturated rings. The second-order valence-corrected chi connectivity index (χ2v) is 2.97. The minimum absolute atomic E-state index is 0.0181. The van der Waals surface area contributed by atoms with Crippen molar-refractivity contribution >= 4 is 28.6 Å². The zero-order chi connectivity index (χ0) is 10.8. The van der Waals surface area contributed by atoms with Crippen molar-refractivity contribution in [3.8, 4) is 0 Å². The van der Waals surface area contributed by atoms with Crippen molar-refractivity contribution in [2.24, 2.45) is 0 Å². The summed E-state index contributed by atoms with van der Waals surface area (Å²) in [7, 11) is 1.28. The number of methoxy groups -OCH3 is 1. The molecule has 2 aromatic rings. The van der Waals surface area contributed by atoms with E-state index in [9.17, 15) is 4.79 Å². The summed E-state index contributed by atoms with van der Waals surface area (Å²) < 4.78 is 4.52. The van der Waals surface area contributed by atoms with E-state index < -0.39 is 5.97 Å². The van der Waals surface area contributed by atoms with Crippen LogP contribution in [-0.2, 0) is 4.74 Å². The molecule has 0 unspecified atom stereocenters. The molecule has 6 nitrogen and oxygen atoms in total. The smallest absolute Gasteiger partial charge is 0.356 e. The second-order valence-electron chi connectivity index (χ2n) is 2.63. The monoisotopic (exact) mass is 224 g/mol. The Labute approximate surface area is 89.3 Å².